The van der Waals surface area contributed by atoms with E-state index in [9.17, 15) is 0 Å². The Morgan fingerprint density at radius 1 is 0.857 bits per heavy atom. The molecule has 4 aromatic rings. The molecule has 6 nitrogen and oxygen atoms in total. The first-order chi connectivity index (χ1) is 13.7. The number of halogens is 1. The Labute approximate surface area is 167 Å². The number of aromatic nitrogens is 3. The molecular weight excluding hydrogens is 378 g/mol. The van der Waals surface area contributed by atoms with Gasteiger partial charge in [-0.25, -0.2) is 4.68 Å². The minimum absolute atomic E-state index is 0.523. The number of fused-ring (bicyclic) bond motifs is 1. The van der Waals surface area contributed by atoms with Crippen LogP contribution in [-0.4, -0.2) is 36.3 Å². The topological polar surface area (TPSA) is 58.4 Å². The molecule has 4 rings (SSSR count). The molecule has 142 valence electrons. The molecule has 1 heterocycles. The van der Waals surface area contributed by atoms with Crippen LogP contribution in [0, 0.1) is 0 Å². The van der Waals surface area contributed by atoms with E-state index >= 15 is 0 Å². The largest absolute Gasteiger partial charge is 0.493 e. The summed E-state index contributed by atoms with van der Waals surface area (Å²) in [5.41, 5.74) is 4.28. The smallest absolute Gasteiger partial charge is 0.203 e. The molecule has 0 N–H and O–H groups in total. The predicted molar refractivity (Wildman–Crippen MR) is 109 cm³/mol. The Morgan fingerprint density at radius 2 is 1.57 bits per heavy atom. The number of ether oxygens (including phenoxy) is 3. The van der Waals surface area contributed by atoms with Crippen molar-refractivity contribution in [3.8, 4) is 34.1 Å². The van der Waals surface area contributed by atoms with Gasteiger partial charge in [-0.1, -0.05) is 41.1 Å². The van der Waals surface area contributed by atoms with E-state index in [4.69, 9.17) is 25.8 Å². The molecule has 0 amide bonds. The summed E-state index contributed by atoms with van der Waals surface area (Å²) in [6, 6.07) is 17.3. The van der Waals surface area contributed by atoms with Gasteiger partial charge in [-0.15, -0.1) is 5.10 Å². The molecule has 0 fully saturated rings. The number of methoxy groups -OCH3 is 3. The first-order valence-electron chi connectivity index (χ1n) is 8.57. The van der Waals surface area contributed by atoms with Crippen LogP contribution in [0.5, 0.6) is 17.2 Å². The Bertz CT molecular complexity index is 1130. The third kappa shape index (κ3) is 3.01. The summed E-state index contributed by atoms with van der Waals surface area (Å²) in [6.07, 6.45) is 0. The van der Waals surface area contributed by atoms with Gasteiger partial charge in [0, 0.05) is 22.7 Å². The van der Waals surface area contributed by atoms with Crippen LogP contribution >= 0.6 is 11.6 Å². The number of nitrogens with zero attached hydrogens (tertiary/aromatic N) is 3. The molecule has 0 atom stereocenters. The maximum Gasteiger partial charge on any atom is 0.203 e. The van der Waals surface area contributed by atoms with Crippen molar-refractivity contribution in [2.75, 3.05) is 21.3 Å². The van der Waals surface area contributed by atoms with E-state index in [0.717, 1.165) is 27.8 Å². The van der Waals surface area contributed by atoms with Gasteiger partial charge < -0.3 is 14.2 Å². The van der Waals surface area contributed by atoms with Crippen LogP contribution in [0.4, 0.5) is 0 Å². The van der Waals surface area contributed by atoms with E-state index in [1.165, 1.54) is 0 Å². The maximum absolute atomic E-state index is 6.37. The average molecular weight is 396 g/mol. The van der Waals surface area contributed by atoms with Crippen molar-refractivity contribution in [1.82, 2.24) is 15.0 Å². The van der Waals surface area contributed by atoms with Gasteiger partial charge in [-0.2, -0.15) is 0 Å². The summed E-state index contributed by atoms with van der Waals surface area (Å²) in [5, 5.41) is 9.27. The second-order valence-corrected chi connectivity index (χ2v) is 6.48. The first kappa shape index (κ1) is 18.1. The van der Waals surface area contributed by atoms with Gasteiger partial charge in [0.05, 0.1) is 32.5 Å². The number of hydrogen-bond donors (Lipinski definition) is 0. The third-order valence-electron chi connectivity index (χ3n) is 4.52. The lowest BCUT2D eigenvalue weighted by Gasteiger charge is -2.14. The van der Waals surface area contributed by atoms with Crippen molar-refractivity contribution in [3.05, 3.63) is 59.6 Å². The second-order valence-electron chi connectivity index (χ2n) is 6.07. The van der Waals surface area contributed by atoms with Crippen LogP contribution in [0.2, 0.25) is 5.02 Å². The lowest BCUT2D eigenvalue weighted by molar-refractivity contribution is 0.324. The first-order valence-corrected chi connectivity index (χ1v) is 8.94. The fraction of sp³-hybridized carbons (Fsp3) is 0.143. The van der Waals surface area contributed by atoms with Crippen molar-refractivity contribution in [3.63, 3.8) is 0 Å². The summed E-state index contributed by atoms with van der Waals surface area (Å²) >= 11 is 6.37. The van der Waals surface area contributed by atoms with Crippen molar-refractivity contribution < 1.29 is 14.2 Å². The van der Waals surface area contributed by atoms with Crippen LogP contribution < -0.4 is 14.2 Å². The molecule has 0 spiro atoms. The summed E-state index contributed by atoms with van der Waals surface area (Å²) in [6.45, 7) is 0. The summed E-state index contributed by atoms with van der Waals surface area (Å²) < 4.78 is 18.0. The van der Waals surface area contributed by atoms with E-state index in [0.29, 0.717) is 22.3 Å². The molecule has 0 saturated carbocycles. The number of benzene rings is 3. The maximum atomic E-state index is 6.37. The van der Waals surface area contributed by atoms with Crippen LogP contribution in [-0.2, 0) is 0 Å². The fourth-order valence-corrected chi connectivity index (χ4v) is 3.41. The van der Waals surface area contributed by atoms with Gasteiger partial charge in [-0.05, 0) is 23.8 Å². The SMILES string of the molecule is COc1cc(-n2nnc3ccc(-c4ccccc4Cl)cc32)cc(OC)c1OC. The van der Waals surface area contributed by atoms with Gasteiger partial charge in [0.2, 0.25) is 5.75 Å². The van der Waals surface area contributed by atoms with E-state index in [1.54, 1.807) is 26.0 Å². The zero-order chi connectivity index (χ0) is 19.7. The molecule has 0 radical (unpaired) electrons. The molecule has 0 aliphatic rings. The summed E-state index contributed by atoms with van der Waals surface area (Å²) in [4.78, 5) is 0. The van der Waals surface area contributed by atoms with Crippen molar-refractivity contribution in [1.29, 1.82) is 0 Å². The highest BCUT2D eigenvalue weighted by Crippen LogP contribution is 2.40. The molecule has 0 aliphatic carbocycles. The van der Waals surface area contributed by atoms with E-state index in [2.05, 4.69) is 10.3 Å². The minimum Gasteiger partial charge on any atom is -0.493 e. The lowest BCUT2D eigenvalue weighted by atomic mass is 10.1. The van der Waals surface area contributed by atoms with E-state index in [-0.39, 0.29) is 0 Å². The Hall–Kier alpha value is -3.25. The van der Waals surface area contributed by atoms with Crippen LogP contribution in [0.25, 0.3) is 27.8 Å². The van der Waals surface area contributed by atoms with Crippen molar-refractivity contribution in [2.24, 2.45) is 0 Å². The molecule has 0 unspecified atom stereocenters. The van der Waals surface area contributed by atoms with Crippen LogP contribution in [0.3, 0.4) is 0 Å². The highest BCUT2D eigenvalue weighted by molar-refractivity contribution is 6.33. The van der Waals surface area contributed by atoms with Crippen LogP contribution in [0.1, 0.15) is 0 Å². The molecule has 0 bridgehead atoms. The van der Waals surface area contributed by atoms with Crippen molar-refractivity contribution in [2.45, 2.75) is 0 Å². The van der Waals surface area contributed by atoms with Gasteiger partial charge in [-0.3, -0.25) is 0 Å². The zero-order valence-corrected chi connectivity index (χ0v) is 16.4. The average Bonchev–Trinajstić information content (AvgIpc) is 3.16. The predicted octanol–water partition coefficient (Wildman–Crippen LogP) is 4.77. The second kappa shape index (κ2) is 7.40. The quantitative estimate of drug-likeness (QED) is 0.487. The third-order valence-corrected chi connectivity index (χ3v) is 4.85. The summed E-state index contributed by atoms with van der Waals surface area (Å²) in [7, 11) is 4.73. The van der Waals surface area contributed by atoms with Gasteiger partial charge >= 0.3 is 0 Å². The van der Waals surface area contributed by atoms with Gasteiger partial charge in [0.15, 0.2) is 11.5 Å². The Kier molecular flexibility index (Phi) is 4.79. The minimum atomic E-state index is 0.523. The summed E-state index contributed by atoms with van der Waals surface area (Å²) in [5.74, 6) is 1.61. The highest BCUT2D eigenvalue weighted by atomic mass is 35.5. The van der Waals surface area contributed by atoms with Crippen molar-refractivity contribution >= 4 is 22.6 Å². The zero-order valence-electron chi connectivity index (χ0n) is 15.6. The highest BCUT2D eigenvalue weighted by Gasteiger charge is 2.17. The monoisotopic (exact) mass is 395 g/mol. The molecule has 1 aromatic heterocycles. The van der Waals surface area contributed by atoms with E-state index in [1.807, 2.05) is 54.6 Å². The molecule has 7 heteroatoms. The fourth-order valence-electron chi connectivity index (χ4n) is 3.16. The molecule has 0 aliphatic heterocycles. The van der Waals surface area contributed by atoms with Crippen LogP contribution in [0.15, 0.2) is 54.6 Å². The normalized spacial score (nSPS) is 10.9. The van der Waals surface area contributed by atoms with E-state index < -0.39 is 0 Å². The lowest BCUT2D eigenvalue weighted by Crippen LogP contribution is -2.01. The Balaban J connectivity index is 1.90. The standard InChI is InChI=1S/C21H18ClN3O3/c1-26-19-11-14(12-20(27-2)21(19)28-3)25-18-10-13(8-9-17(18)23-24-25)15-6-4-5-7-16(15)22/h4-12H,1-3H3. The molecular formula is C21H18ClN3O3. The number of rotatable bonds is 5. The Morgan fingerprint density at radius 3 is 2.21 bits per heavy atom. The van der Waals surface area contributed by atoms with Gasteiger partial charge in [0.1, 0.15) is 5.52 Å². The molecule has 0 saturated heterocycles. The van der Waals surface area contributed by atoms with Gasteiger partial charge in [0.25, 0.3) is 0 Å². The number of hydrogen-bond acceptors (Lipinski definition) is 5. The molecule has 28 heavy (non-hydrogen) atoms. The molecule has 3 aromatic carbocycles.